The first kappa shape index (κ1) is 15.4. The number of methoxy groups -OCH3 is 2. The molecule has 4 unspecified atom stereocenters. The Morgan fingerprint density at radius 1 is 1.00 bits per heavy atom. The van der Waals surface area contributed by atoms with E-state index in [-0.39, 0.29) is 30.2 Å². The number of aromatic nitrogens is 3. The number of fused-ring (bicyclic) bond motifs is 2. The molecule has 2 fully saturated rings. The Balaban J connectivity index is 1.99. The molecule has 0 aromatic carbocycles. The van der Waals surface area contributed by atoms with Gasteiger partial charge in [0.2, 0.25) is 11.9 Å². The SMILES string of the molecule is CCc1nc(N)nc(N2C3CCC(OC)C2CCC3OC)n1. The third-order valence-electron chi connectivity index (χ3n) is 4.91. The number of nitrogens with two attached hydrogens (primary N) is 1. The molecule has 0 radical (unpaired) electrons. The van der Waals surface area contributed by atoms with Crippen LogP contribution in [0.3, 0.4) is 0 Å². The summed E-state index contributed by atoms with van der Waals surface area (Å²) < 4.78 is 11.4. The molecule has 2 aliphatic heterocycles. The maximum Gasteiger partial charge on any atom is 0.231 e. The number of aryl methyl sites for hydroxylation is 1. The van der Waals surface area contributed by atoms with Crippen LogP contribution in [0.4, 0.5) is 11.9 Å². The Kier molecular flexibility index (Phi) is 4.44. The summed E-state index contributed by atoms with van der Waals surface area (Å²) in [6, 6.07) is 0.559. The Bertz CT molecular complexity index is 507. The molecule has 1 aromatic heterocycles. The lowest BCUT2D eigenvalue weighted by molar-refractivity contribution is -0.0197. The topological polar surface area (TPSA) is 86.4 Å². The summed E-state index contributed by atoms with van der Waals surface area (Å²) >= 11 is 0. The van der Waals surface area contributed by atoms with Crippen molar-refractivity contribution in [2.75, 3.05) is 24.9 Å². The molecule has 7 heteroatoms. The summed E-state index contributed by atoms with van der Waals surface area (Å²) in [5.41, 5.74) is 5.87. The van der Waals surface area contributed by atoms with Crippen molar-refractivity contribution >= 4 is 11.9 Å². The van der Waals surface area contributed by atoms with Crippen LogP contribution in [0, 0.1) is 0 Å². The number of hydrogen-bond donors (Lipinski definition) is 1. The van der Waals surface area contributed by atoms with Crippen molar-refractivity contribution in [1.29, 1.82) is 0 Å². The number of anilines is 2. The zero-order chi connectivity index (χ0) is 15.7. The summed E-state index contributed by atoms with van der Waals surface area (Å²) in [5.74, 6) is 1.69. The molecule has 3 heterocycles. The second-order valence-corrected chi connectivity index (χ2v) is 6.01. The van der Waals surface area contributed by atoms with Crippen LogP contribution in [-0.4, -0.2) is 53.5 Å². The molecule has 0 amide bonds. The van der Waals surface area contributed by atoms with E-state index >= 15 is 0 Å². The fourth-order valence-corrected chi connectivity index (χ4v) is 3.85. The average molecular weight is 307 g/mol. The van der Waals surface area contributed by atoms with E-state index in [4.69, 9.17) is 15.2 Å². The summed E-state index contributed by atoms with van der Waals surface area (Å²) in [7, 11) is 3.57. The molecular formula is C15H25N5O2. The molecule has 0 aliphatic carbocycles. The van der Waals surface area contributed by atoms with Crippen molar-refractivity contribution in [2.24, 2.45) is 0 Å². The Labute approximate surface area is 131 Å². The fourth-order valence-electron chi connectivity index (χ4n) is 3.85. The van der Waals surface area contributed by atoms with Crippen molar-refractivity contribution < 1.29 is 9.47 Å². The zero-order valence-corrected chi connectivity index (χ0v) is 13.5. The maximum atomic E-state index is 5.87. The van der Waals surface area contributed by atoms with Gasteiger partial charge in [0, 0.05) is 20.6 Å². The number of nitrogen functional groups attached to an aromatic ring is 1. The van der Waals surface area contributed by atoms with E-state index in [1.807, 2.05) is 6.92 Å². The van der Waals surface area contributed by atoms with E-state index in [9.17, 15) is 0 Å². The third kappa shape index (κ3) is 2.63. The predicted molar refractivity (Wildman–Crippen MR) is 83.7 cm³/mol. The van der Waals surface area contributed by atoms with Crippen LogP contribution in [0.25, 0.3) is 0 Å². The lowest BCUT2D eigenvalue weighted by Crippen LogP contribution is -2.62. The van der Waals surface area contributed by atoms with Gasteiger partial charge in [-0.25, -0.2) is 0 Å². The van der Waals surface area contributed by atoms with Gasteiger partial charge < -0.3 is 20.1 Å². The number of ether oxygens (including phenoxy) is 2. The Hall–Kier alpha value is -1.47. The molecule has 7 nitrogen and oxygen atoms in total. The van der Waals surface area contributed by atoms with Gasteiger partial charge in [0.25, 0.3) is 0 Å². The molecule has 2 saturated heterocycles. The lowest BCUT2D eigenvalue weighted by atomic mass is 9.81. The van der Waals surface area contributed by atoms with Gasteiger partial charge in [-0.3, -0.25) is 0 Å². The molecule has 2 bridgehead atoms. The van der Waals surface area contributed by atoms with Crippen LogP contribution < -0.4 is 10.6 Å². The smallest absolute Gasteiger partial charge is 0.231 e. The first-order valence-corrected chi connectivity index (χ1v) is 8.02. The van der Waals surface area contributed by atoms with Crippen LogP contribution in [0.5, 0.6) is 0 Å². The van der Waals surface area contributed by atoms with Gasteiger partial charge in [-0.2, -0.15) is 15.0 Å². The molecule has 22 heavy (non-hydrogen) atoms. The number of rotatable bonds is 4. The summed E-state index contributed by atoms with van der Waals surface area (Å²) in [5, 5.41) is 0. The first-order valence-electron chi connectivity index (χ1n) is 8.02. The summed E-state index contributed by atoms with van der Waals surface area (Å²) in [6.45, 7) is 2.02. The third-order valence-corrected chi connectivity index (χ3v) is 4.91. The van der Waals surface area contributed by atoms with E-state index < -0.39 is 0 Å². The molecule has 1 aromatic rings. The fraction of sp³-hybridized carbons (Fsp3) is 0.800. The normalized spacial score (nSPS) is 31.3. The number of nitrogens with zero attached hydrogens (tertiary/aromatic N) is 4. The van der Waals surface area contributed by atoms with Gasteiger partial charge in [-0.1, -0.05) is 6.92 Å². The van der Waals surface area contributed by atoms with E-state index in [1.165, 1.54) is 0 Å². The predicted octanol–water partition coefficient (Wildman–Crippen LogP) is 1.18. The van der Waals surface area contributed by atoms with Crippen molar-refractivity contribution in [3.63, 3.8) is 0 Å². The number of piperidine rings is 2. The average Bonchev–Trinajstić information content (AvgIpc) is 2.54. The van der Waals surface area contributed by atoms with Crippen molar-refractivity contribution in [1.82, 2.24) is 15.0 Å². The van der Waals surface area contributed by atoms with Gasteiger partial charge >= 0.3 is 0 Å². The number of hydrogen-bond acceptors (Lipinski definition) is 7. The second kappa shape index (κ2) is 6.34. The van der Waals surface area contributed by atoms with Gasteiger partial charge in [-0.15, -0.1) is 0 Å². The quantitative estimate of drug-likeness (QED) is 0.893. The van der Waals surface area contributed by atoms with E-state index in [1.54, 1.807) is 14.2 Å². The summed E-state index contributed by atoms with van der Waals surface area (Å²) in [6.07, 6.45) is 5.27. The van der Waals surface area contributed by atoms with E-state index in [2.05, 4.69) is 19.9 Å². The Morgan fingerprint density at radius 3 is 2.09 bits per heavy atom. The van der Waals surface area contributed by atoms with Crippen molar-refractivity contribution in [3.8, 4) is 0 Å². The van der Waals surface area contributed by atoms with Crippen LogP contribution in [0.1, 0.15) is 38.4 Å². The van der Waals surface area contributed by atoms with Crippen LogP contribution >= 0.6 is 0 Å². The minimum atomic E-state index is 0.206. The highest BCUT2D eigenvalue weighted by Gasteiger charge is 2.46. The largest absolute Gasteiger partial charge is 0.379 e. The maximum absolute atomic E-state index is 5.87. The van der Waals surface area contributed by atoms with Crippen molar-refractivity contribution in [2.45, 2.75) is 63.3 Å². The highest BCUT2D eigenvalue weighted by atomic mass is 16.5. The van der Waals surface area contributed by atoms with Gasteiger partial charge in [0.1, 0.15) is 5.82 Å². The highest BCUT2D eigenvalue weighted by molar-refractivity contribution is 5.40. The molecule has 3 rings (SSSR count). The minimum absolute atomic E-state index is 0.206. The highest BCUT2D eigenvalue weighted by Crippen LogP contribution is 2.38. The van der Waals surface area contributed by atoms with Crippen LogP contribution in [0.2, 0.25) is 0 Å². The molecule has 2 aliphatic rings. The summed E-state index contributed by atoms with van der Waals surface area (Å²) in [4.78, 5) is 15.5. The lowest BCUT2D eigenvalue weighted by Gasteiger charge is -2.52. The molecule has 122 valence electrons. The first-order chi connectivity index (χ1) is 10.7. The van der Waals surface area contributed by atoms with Gasteiger partial charge in [0.05, 0.1) is 24.3 Å². The second-order valence-electron chi connectivity index (χ2n) is 6.01. The Morgan fingerprint density at radius 2 is 1.59 bits per heavy atom. The van der Waals surface area contributed by atoms with Crippen LogP contribution in [-0.2, 0) is 15.9 Å². The monoisotopic (exact) mass is 307 g/mol. The molecule has 4 atom stereocenters. The standard InChI is InChI=1S/C15H25N5O2/c1-4-13-17-14(16)19-15(18-13)20-9-6-8-12(22-3)10(20)5-7-11(9)21-2/h9-12H,4-8H2,1-3H3,(H2,16,17,18,19). The molecular weight excluding hydrogens is 282 g/mol. The molecule has 2 N–H and O–H groups in total. The van der Waals surface area contributed by atoms with Crippen molar-refractivity contribution in [3.05, 3.63) is 5.82 Å². The zero-order valence-electron chi connectivity index (χ0n) is 13.5. The minimum Gasteiger partial charge on any atom is -0.379 e. The van der Waals surface area contributed by atoms with E-state index in [0.29, 0.717) is 5.95 Å². The van der Waals surface area contributed by atoms with Gasteiger partial charge in [-0.05, 0) is 25.7 Å². The van der Waals surface area contributed by atoms with Gasteiger partial charge in [0.15, 0.2) is 0 Å². The van der Waals surface area contributed by atoms with Crippen LogP contribution in [0.15, 0.2) is 0 Å². The van der Waals surface area contributed by atoms with E-state index in [0.717, 1.165) is 37.9 Å². The molecule has 0 spiro atoms. The molecule has 0 saturated carbocycles.